The molecule has 1 amide bonds. The number of carbonyl (C=O) groups is 1. The lowest BCUT2D eigenvalue weighted by Gasteiger charge is -2.07. The minimum Gasteiger partial charge on any atom is -0.495 e. The number of para-hydroxylation sites is 1. The number of carbonyl (C=O) groups excluding carboxylic acids is 1. The van der Waals surface area contributed by atoms with Crippen LogP contribution in [-0.2, 0) is 11.2 Å². The molecule has 0 saturated heterocycles. The number of rotatable bonds is 3. The zero-order chi connectivity index (χ0) is 9.84. The van der Waals surface area contributed by atoms with Crippen molar-refractivity contribution in [3.63, 3.8) is 0 Å². The lowest BCUT2D eigenvalue weighted by molar-refractivity contribution is -0.118. The van der Waals surface area contributed by atoms with Crippen molar-refractivity contribution in [1.82, 2.24) is 5.73 Å². The Balaban J connectivity index is 3.05. The normalized spacial score (nSPS) is 9.69. The summed E-state index contributed by atoms with van der Waals surface area (Å²) >= 11 is 5.82. The molecule has 0 spiro atoms. The fraction of sp³-hybridized carbons (Fsp3) is 0.222. The Kier molecular flexibility index (Phi) is 3.14. The minimum absolute atomic E-state index is 0.0315. The maximum Gasteiger partial charge on any atom is 0.242 e. The van der Waals surface area contributed by atoms with Crippen molar-refractivity contribution in [2.45, 2.75) is 6.42 Å². The Morgan fingerprint density at radius 3 is 2.85 bits per heavy atom. The molecule has 1 aromatic rings. The number of ether oxygens (including phenoxy) is 1. The summed E-state index contributed by atoms with van der Waals surface area (Å²) in [5, 5.41) is 0.459. The highest BCUT2D eigenvalue weighted by atomic mass is 35.5. The van der Waals surface area contributed by atoms with E-state index in [9.17, 15) is 4.79 Å². The molecule has 4 heteroatoms. The number of halogens is 1. The van der Waals surface area contributed by atoms with E-state index < -0.39 is 5.91 Å². The lowest BCUT2D eigenvalue weighted by Crippen LogP contribution is -2.04. The third-order valence-corrected chi connectivity index (χ3v) is 1.90. The Morgan fingerprint density at radius 2 is 2.31 bits per heavy atom. The fourth-order valence-corrected chi connectivity index (χ4v) is 1.37. The van der Waals surface area contributed by atoms with Crippen LogP contribution in [0, 0.1) is 0 Å². The molecule has 0 aromatic heterocycles. The van der Waals surface area contributed by atoms with E-state index >= 15 is 0 Å². The first kappa shape index (κ1) is 9.86. The zero-order valence-electron chi connectivity index (χ0n) is 7.13. The molecule has 1 radical (unpaired) electrons. The smallest absolute Gasteiger partial charge is 0.242 e. The third-order valence-electron chi connectivity index (χ3n) is 1.60. The van der Waals surface area contributed by atoms with Crippen molar-refractivity contribution >= 4 is 17.5 Å². The van der Waals surface area contributed by atoms with Crippen LogP contribution >= 0.6 is 11.6 Å². The van der Waals surface area contributed by atoms with Gasteiger partial charge in [0.05, 0.1) is 18.6 Å². The molecule has 1 aromatic carbocycles. The van der Waals surface area contributed by atoms with Crippen LogP contribution in [0.25, 0.3) is 0 Å². The molecular weight excluding hydrogens is 190 g/mol. The molecule has 1 N–H and O–H groups in total. The van der Waals surface area contributed by atoms with Gasteiger partial charge in [-0.25, -0.2) is 0 Å². The number of benzene rings is 1. The molecule has 3 nitrogen and oxygen atoms in total. The van der Waals surface area contributed by atoms with E-state index in [-0.39, 0.29) is 6.42 Å². The molecule has 1 rings (SSSR count). The second kappa shape index (κ2) is 4.14. The predicted molar refractivity (Wildman–Crippen MR) is 49.8 cm³/mol. The standard InChI is InChI=1S/C9H9ClNO2/c1-13-9-6(5-8(11)12)3-2-4-7(9)10/h2-4,11H,5H2,1H3. The van der Waals surface area contributed by atoms with Crippen LogP contribution in [-0.4, -0.2) is 13.0 Å². The topological polar surface area (TPSA) is 50.1 Å². The second-order valence-electron chi connectivity index (χ2n) is 2.53. The number of hydrogen-bond acceptors (Lipinski definition) is 2. The zero-order valence-corrected chi connectivity index (χ0v) is 7.89. The second-order valence-corrected chi connectivity index (χ2v) is 2.94. The SMILES string of the molecule is COc1c(Cl)cccc1CC([NH])=O. The molecule has 0 fully saturated rings. The Morgan fingerprint density at radius 1 is 1.62 bits per heavy atom. The molecule has 69 valence electrons. The molecule has 0 aliphatic heterocycles. The van der Waals surface area contributed by atoms with E-state index in [1.807, 2.05) is 0 Å². The fourth-order valence-electron chi connectivity index (χ4n) is 1.09. The molecule has 0 unspecified atom stereocenters. The predicted octanol–water partition coefficient (Wildman–Crippen LogP) is 1.70. The molecule has 0 heterocycles. The van der Waals surface area contributed by atoms with Gasteiger partial charge in [-0.1, -0.05) is 23.7 Å². The molecule has 13 heavy (non-hydrogen) atoms. The highest BCUT2D eigenvalue weighted by Crippen LogP contribution is 2.28. The quantitative estimate of drug-likeness (QED) is 0.742. The molecule has 0 aliphatic carbocycles. The van der Waals surface area contributed by atoms with E-state index in [0.717, 1.165) is 0 Å². The summed E-state index contributed by atoms with van der Waals surface area (Å²) in [4.78, 5) is 10.6. The van der Waals surface area contributed by atoms with Crippen LogP contribution in [0.2, 0.25) is 5.02 Å². The third kappa shape index (κ3) is 2.36. The van der Waals surface area contributed by atoms with Gasteiger partial charge in [-0.3, -0.25) is 10.5 Å². The van der Waals surface area contributed by atoms with Crippen molar-refractivity contribution in [1.29, 1.82) is 0 Å². The van der Waals surface area contributed by atoms with Gasteiger partial charge in [0.25, 0.3) is 0 Å². The molecule has 0 bridgehead atoms. The van der Waals surface area contributed by atoms with E-state index in [4.69, 9.17) is 22.1 Å². The molecule has 0 atom stereocenters. The summed E-state index contributed by atoms with van der Waals surface area (Å²) in [7, 11) is 1.49. The monoisotopic (exact) mass is 198 g/mol. The van der Waals surface area contributed by atoms with Crippen LogP contribution in [0.3, 0.4) is 0 Å². The average Bonchev–Trinajstić information content (AvgIpc) is 2.03. The summed E-state index contributed by atoms with van der Waals surface area (Å²) in [6.07, 6.45) is 0.0315. The highest BCUT2D eigenvalue weighted by molar-refractivity contribution is 6.32. The summed E-state index contributed by atoms with van der Waals surface area (Å²) in [6.45, 7) is 0. The maximum atomic E-state index is 10.6. The van der Waals surface area contributed by atoms with Crippen molar-refractivity contribution < 1.29 is 9.53 Å². The first-order valence-electron chi connectivity index (χ1n) is 3.71. The van der Waals surface area contributed by atoms with Crippen LogP contribution in [0.1, 0.15) is 5.56 Å². The van der Waals surface area contributed by atoms with Gasteiger partial charge in [-0.2, -0.15) is 0 Å². The molecule has 0 saturated carbocycles. The average molecular weight is 199 g/mol. The Bertz CT molecular complexity index is 325. The first-order chi connectivity index (χ1) is 6.15. The van der Waals surface area contributed by atoms with Crippen LogP contribution in [0.15, 0.2) is 18.2 Å². The van der Waals surface area contributed by atoms with Crippen molar-refractivity contribution in [3.8, 4) is 5.75 Å². The van der Waals surface area contributed by atoms with Gasteiger partial charge < -0.3 is 4.74 Å². The van der Waals surface area contributed by atoms with E-state index in [1.165, 1.54) is 7.11 Å². The number of hydrogen-bond donors (Lipinski definition) is 0. The van der Waals surface area contributed by atoms with Crippen LogP contribution in [0.5, 0.6) is 5.75 Å². The van der Waals surface area contributed by atoms with Crippen molar-refractivity contribution in [3.05, 3.63) is 28.8 Å². The van der Waals surface area contributed by atoms with E-state index in [2.05, 4.69) is 0 Å². The Hall–Kier alpha value is -1.22. The summed E-state index contributed by atoms with van der Waals surface area (Å²) in [5.74, 6) is -0.176. The van der Waals surface area contributed by atoms with Gasteiger partial charge in [0.2, 0.25) is 5.91 Å². The van der Waals surface area contributed by atoms with Crippen molar-refractivity contribution in [2.75, 3.05) is 7.11 Å². The van der Waals surface area contributed by atoms with Crippen LogP contribution in [0.4, 0.5) is 0 Å². The molecule has 0 aliphatic rings. The van der Waals surface area contributed by atoms with Crippen molar-refractivity contribution in [2.24, 2.45) is 0 Å². The number of amides is 1. The first-order valence-corrected chi connectivity index (χ1v) is 4.08. The molecular formula is C9H9ClNO2. The van der Waals surface area contributed by atoms with Gasteiger partial charge >= 0.3 is 0 Å². The van der Waals surface area contributed by atoms with Crippen LogP contribution < -0.4 is 10.5 Å². The van der Waals surface area contributed by atoms with Gasteiger partial charge in [0, 0.05) is 5.56 Å². The summed E-state index contributed by atoms with van der Waals surface area (Å²) < 4.78 is 5.01. The number of nitrogens with one attached hydrogen (secondary N) is 1. The minimum atomic E-state index is -0.652. The Labute approximate surface area is 81.4 Å². The maximum absolute atomic E-state index is 10.6. The summed E-state index contributed by atoms with van der Waals surface area (Å²) in [6, 6.07) is 5.12. The van der Waals surface area contributed by atoms with Gasteiger partial charge in [-0.15, -0.1) is 0 Å². The van der Waals surface area contributed by atoms with Gasteiger partial charge in [0.1, 0.15) is 5.75 Å². The van der Waals surface area contributed by atoms with E-state index in [1.54, 1.807) is 18.2 Å². The largest absolute Gasteiger partial charge is 0.495 e. The lowest BCUT2D eigenvalue weighted by atomic mass is 10.1. The highest BCUT2D eigenvalue weighted by Gasteiger charge is 2.09. The van der Waals surface area contributed by atoms with E-state index in [0.29, 0.717) is 16.3 Å². The van der Waals surface area contributed by atoms with Gasteiger partial charge in [0.15, 0.2) is 0 Å². The van der Waals surface area contributed by atoms with Gasteiger partial charge in [-0.05, 0) is 6.07 Å². The summed E-state index contributed by atoms with van der Waals surface area (Å²) in [5.41, 5.74) is 7.47. The number of methoxy groups -OCH3 is 1.